The predicted molar refractivity (Wildman–Crippen MR) is 70.8 cm³/mol. The van der Waals surface area contributed by atoms with Crippen LogP contribution in [0.3, 0.4) is 0 Å². The number of nitrogens with two attached hydrogens (primary N) is 1. The fraction of sp³-hybridized carbons (Fsp3) is 0.917. The first-order valence-electron chi connectivity index (χ1n) is 6.86. The lowest BCUT2D eigenvalue weighted by molar-refractivity contribution is -0.325. The number of ether oxygens (including phenoxy) is 3. The van der Waals surface area contributed by atoms with Gasteiger partial charge in [-0.3, -0.25) is 0 Å². The van der Waals surface area contributed by atoms with Crippen molar-refractivity contribution in [2.45, 2.75) is 36.6 Å². The SMILES string of the molecule is NCCOCCO[C@]1(C(=O)O)C[C@@H](O)[C@@H](O)C([C@H](O)CO)O1. The Morgan fingerprint density at radius 1 is 1.36 bits per heavy atom. The summed E-state index contributed by atoms with van der Waals surface area (Å²) in [5.41, 5.74) is 5.23. The summed E-state index contributed by atoms with van der Waals surface area (Å²) in [6.45, 7) is -0.296. The monoisotopic (exact) mass is 325 g/mol. The van der Waals surface area contributed by atoms with E-state index in [4.69, 9.17) is 25.1 Å². The Bertz CT molecular complexity index is 355. The van der Waals surface area contributed by atoms with Gasteiger partial charge in [0.2, 0.25) is 0 Å². The molecule has 0 aromatic carbocycles. The highest BCUT2D eigenvalue weighted by Crippen LogP contribution is 2.32. The van der Waals surface area contributed by atoms with Crippen LogP contribution in [-0.4, -0.2) is 94.7 Å². The smallest absolute Gasteiger partial charge is 0.364 e. The topological polar surface area (TPSA) is 172 Å². The number of hydrogen-bond acceptors (Lipinski definition) is 9. The Balaban J connectivity index is 2.76. The maximum absolute atomic E-state index is 11.5. The second-order valence-corrected chi connectivity index (χ2v) is 4.90. The highest BCUT2D eigenvalue weighted by Gasteiger charge is 2.54. The van der Waals surface area contributed by atoms with Crippen LogP contribution in [0.4, 0.5) is 0 Å². The molecule has 0 saturated carbocycles. The van der Waals surface area contributed by atoms with Crippen molar-refractivity contribution in [1.82, 2.24) is 0 Å². The minimum atomic E-state index is -2.24. The Morgan fingerprint density at radius 3 is 2.59 bits per heavy atom. The van der Waals surface area contributed by atoms with Gasteiger partial charge in [0.05, 0.1) is 32.5 Å². The van der Waals surface area contributed by atoms with Crippen molar-refractivity contribution < 1.29 is 44.5 Å². The Morgan fingerprint density at radius 2 is 2.05 bits per heavy atom. The van der Waals surface area contributed by atoms with Gasteiger partial charge in [-0.05, 0) is 0 Å². The van der Waals surface area contributed by atoms with Crippen molar-refractivity contribution in [3.8, 4) is 0 Å². The van der Waals surface area contributed by atoms with E-state index in [1.54, 1.807) is 0 Å². The molecule has 1 rings (SSSR count). The van der Waals surface area contributed by atoms with E-state index in [-0.39, 0.29) is 19.8 Å². The van der Waals surface area contributed by atoms with Crippen LogP contribution in [-0.2, 0) is 19.0 Å². The molecular formula is C12H23NO9. The molecule has 1 saturated heterocycles. The zero-order valence-electron chi connectivity index (χ0n) is 12.0. The maximum atomic E-state index is 11.5. The molecule has 1 fully saturated rings. The van der Waals surface area contributed by atoms with Crippen LogP contribution in [0, 0.1) is 0 Å². The highest BCUT2D eigenvalue weighted by molar-refractivity contribution is 5.76. The summed E-state index contributed by atoms with van der Waals surface area (Å²) in [5.74, 6) is -3.77. The molecule has 22 heavy (non-hydrogen) atoms. The maximum Gasteiger partial charge on any atom is 0.364 e. The predicted octanol–water partition coefficient (Wildman–Crippen LogP) is -3.38. The van der Waals surface area contributed by atoms with Gasteiger partial charge in [0.25, 0.3) is 5.79 Å². The van der Waals surface area contributed by atoms with Crippen molar-refractivity contribution in [3.05, 3.63) is 0 Å². The molecule has 130 valence electrons. The van der Waals surface area contributed by atoms with E-state index < -0.39 is 49.2 Å². The number of aliphatic carboxylic acids is 1. The summed E-state index contributed by atoms with van der Waals surface area (Å²) in [6.07, 6.45) is -6.65. The molecule has 1 unspecified atom stereocenters. The van der Waals surface area contributed by atoms with Gasteiger partial charge >= 0.3 is 5.97 Å². The number of hydrogen-bond donors (Lipinski definition) is 6. The Labute approximate surface area is 127 Å². The van der Waals surface area contributed by atoms with Gasteiger partial charge in [0, 0.05) is 13.0 Å². The van der Waals surface area contributed by atoms with Crippen molar-refractivity contribution in [2.75, 3.05) is 33.0 Å². The fourth-order valence-electron chi connectivity index (χ4n) is 2.11. The molecule has 0 bridgehead atoms. The lowest BCUT2D eigenvalue weighted by Gasteiger charge is -2.43. The van der Waals surface area contributed by atoms with E-state index in [0.717, 1.165) is 0 Å². The first-order valence-corrected chi connectivity index (χ1v) is 6.86. The first kappa shape index (κ1) is 19.2. The molecule has 10 heteroatoms. The molecular weight excluding hydrogens is 302 g/mol. The summed E-state index contributed by atoms with van der Waals surface area (Å²) in [7, 11) is 0. The Hall–Kier alpha value is -0.850. The largest absolute Gasteiger partial charge is 0.477 e. The van der Waals surface area contributed by atoms with E-state index in [0.29, 0.717) is 6.54 Å². The fourth-order valence-corrected chi connectivity index (χ4v) is 2.11. The van der Waals surface area contributed by atoms with E-state index in [2.05, 4.69) is 0 Å². The first-order chi connectivity index (χ1) is 10.4. The summed E-state index contributed by atoms with van der Waals surface area (Å²) < 4.78 is 15.4. The van der Waals surface area contributed by atoms with Crippen LogP contribution in [0.1, 0.15) is 6.42 Å². The third-order valence-electron chi connectivity index (χ3n) is 3.25. The second kappa shape index (κ2) is 8.70. The van der Waals surface area contributed by atoms with Gasteiger partial charge in [0.1, 0.15) is 18.3 Å². The van der Waals surface area contributed by atoms with Gasteiger partial charge in [-0.15, -0.1) is 0 Å². The lowest BCUT2D eigenvalue weighted by Crippen LogP contribution is -2.62. The number of aliphatic hydroxyl groups excluding tert-OH is 4. The summed E-state index contributed by atoms with van der Waals surface area (Å²) in [5, 5.41) is 47.4. The quantitative estimate of drug-likeness (QED) is 0.235. The molecule has 0 radical (unpaired) electrons. The highest BCUT2D eigenvalue weighted by atomic mass is 16.7. The van der Waals surface area contributed by atoms with Gasteiger partial charge in [-0.25, -0.2) is 4.79 Å². The average Bonchev–Trinajstić information content (AvgIpc) is 2.49. The van der Waals surface area contributed by atoms with E-state index in [1.807, 2.05) is 0 Å². The molecule has 0 aromatic heterocycles. The third-order valence-corrected chi connectivity index (χ3v) is 3.25. The van der Waals surface area contributed by atoms with Crippen molar-refractivity contribution in [1.29, 1.82) is 0 Å². The lowest BCUT2D eigenvalue weighted by atomic mass is 9.92. The van der Waals surface area contributed by atoms with E-state index in [9.17, 15) is 25.2 Å². The van der Waals surface area contributed by atoms with Crippen LogP contribution in [0.15, 0.2) is 0 Å². The minimum Gasteiger partial charge on any atom is -0.477 e. The molecule has 1 heterocycles. The van der Waals surface area contributed by atoms with Crippen LogP contribution >= 0.6 is 0 Å². The van der Waals surface area contributed by atoms with E-state index >= 15 is 0 Å². The summed E-state index contributed by atoms with van der Waals surface area (Å²) >= 11 is 0. The molecule has 0 aromatic rings. The molecule has 0 aliphatic carbocycles. The summed E-state index contributed by atoms with van der Waals surface area (Å²) in [4.78, 5) is 11.5. The number of carboxylic acid groups (broad SMARTS) is 1. The molecule has 7 N–H and O–H groups in total. The standard InChI is InChI=1S/C12H23NO9/c13-1-2-20-3-4-21-12(11(18)19)5-7(15)9(17)10(22-12)8(16)6-14/h7-10,14-17H,1-6,13H2,(H,18,19)/t7-,8-,9-,10?,12-/m1/s1. The molecule has 10 nitrogen and oxygen atoms in total. The van der Waals surface area contributed by atoms with Crippen molar-refractivity contribution in [2.24, 2.45) is 5.73 Å². The second-order valence-electron chi connectivity index (χ2n) is 4.90. The van der Waals surface area contributed by atoms with Crippen LogP contribution < -0.4 is 5.73 Å². The zero-order valence-corrected chi connectivity index (χ0v) is 12.0. The van der Waals surface area contributed by atoms with Gasteiger partial charge < -0.3 is 45.5 Å². The number of carboxylic acids is 1. The van der Waals surface area contributed by atoms with Crippen LogP contribution in [0.25, 0.3) is 0 Å². The van der Waals surface area contributed by atoms with Crippen LogP contribution in [0.5, 0.6) is 0 Å². The average molecular weight is 325 g/mol. The van der Waals surface area contributed by atoms with Gasteiger partial charge in [0.15, 0.2) is 0 Å². The molecule has 0 spiro atoms. The molecule has 1 aliphatic rings. The molecule has 1 aliphatic heterocycles. The number of rotatable bonds is 9. The number of carbonyl (C=O) groups is 1. The minimum absolute atomic E-state index is 0.0570. The molecule has 0 amide bonds. The van der Waals surface area contributed by atoms with Gasteiger partial charge in [-0.1, -0.05) is 0 Å². The number of aliphatic hydroxyl groups is 4. The van der Waals surface area contributed by atoms with Crippen molar-refractivity contribution in [3.63, 3.8) is 0 Å². The van der Waals surface area contributed by atoms with E-state index in [1.165, 1.54) is 0 Å². The Kier molecular flexibility index (Phi) is 7.59. The zero-order chi connectivity index (χ0) is 16.8. The normalized spacial score (nSPS) is 33.6. The van der Waals surface area contributed by atoms with Gasteiger partial charge in [-0.2, -0.15) is 0 Å². The van der Waals surface area contributed by atoms with Crippen LogP contribution in [0.2, 0.25) is 0 Å². The molecule has 5 atom stereocenters. The summed E-state index contributed by atoms with van der Waals surface area (Å²) in [6, 6.07) is 0. The van der Waals surface area contributed by atoms with Crippen molar-refractivity contribution >= 4 is 5.97 Å². The third kappa shape index (κ3) is 4.57.